The second kappa shape index (κ2) is 10.4. The molecule has 2 aliphatic rings. The van der Waals surface area contributed by atoms with E-state index in [4.69, 9.17) is 4.74 Å². The third-order valence-electron chi connectivity index (χ3n) is 5.96. The Hall–Kier alpha value is -1.87. The number of hydrogen-bond donors (Lipinski definition) is 1. The molecule has 0 spiro atoms. The fraction of sp³-hybridized carbons (Fsp3) is 0.458. The van der Waals surface area contributed by atoms with E-state index in [1.54, 1.807) is 47.3 Å². The van der Waals surface area contributed by atoms with Crippen LogP contribution in [0.1, 0.15) is 48.0 Å². The number of nitrogens with zero attached hydrogens (tertiary/aromatic N) is 1. The minimum atomic E-state index is -3.58. The van der Waals surface area contributed by atoms with E-state index in [0.29, 0.717) is 29.9 Å². The van der Waals surface area contributed by atoms with E-state index >= 15 is 0 Å². The Balaban J connectivity index is 1.51. The Bertz CT molecular complexity index is 1060. The van der Waals surface area contributed by atoms with Gasteiger partial charge in [0.2, 0.25) is 10.0 Å². The number of sulfonamides is 1. The lowest BCUT2D eigenvalue weighted by atomic mass is 10.2. The summed E-state index contributed by atoms with van der Waals surface area (Å²) in [6, 6.07) is 12.6. The second-order valence-corrected chi connectivity index (χ2v) is 11.3. The lowest BCUT2D eigenvalue weighted by Crippen LogP contribution is -2.36. The largest absolute Gasteiger partial charge is 0.377 e. The number of rotatable bonds is 7. The number of benzene rings is 2. The number of nitrogens with one attached hydrogen (secondary N) is 1. The van der Waals surface area contributed by atoms with Crippen molar-refractivity contribution >= 4 is 33.4 Å². The van der Waals surface area contributed by atoms with Gasteiger partial charge in [-0.3, -0.25) is 4.79 Å². The minimum absolute atomic E-state index is 0.232. The Morgan fingerprint density at radius 1 is 1.12 bits per heavy atom. The van der Waals surface area contributed by atoms with Crippen LogP contribution < -0.4 is 5.32 Å². The Labute approximate surface area is 194 Å². The summed E-state index contributed by atoms with van der Waals surface area (Å²) in [5.41, 5.74) is 1.74. The van der Waals surface area contributed by atoms with Crippen molar-refractivity contribution in [2.24, 2.45) is 0 Å². The summed E-state index contributed by atoms with van der Waals surface area (Å²) in [5, 5.41) is 2.90. The first-order valence-corrected chi connectivity index (χ1v) is 13.6. The van der Waals surface area contributed by atoms with Crippen LogP contribution in [0, 0.1) is 6.92 Å². The van der Waals surface area contributed by atoms with Crippen molar-refractivity contribution in [3.63, 3.8) is 0 Å². The van der Waals surface area contributed by atoms with E-state index in [9.17, 15) is 13.2 Å². The molecule has 0 aromatic heterocycles. The van der Waals surface area contributed by atoms with Crippen molar-refractivity contribution in [1.82, 2.24) is 4.31 Å². The fourth-order valence-corrected chi connectivity index (χ4v) is 7.02. The highest BCUT2D eigenvalue weighted by atomic mass is 32.2. The Morgan fingerprint density at radius 3 is 2.66 bits per heavy atom. The SMILES string of the molecule is Cc1ccc(NC(=O)c2ccccc2SC[C@H]2CCCO2)cc1S(=O)(=O)N1CCCCC1. The maximum atomic E-state index is 13.2. The summed E-state index contributed by atoms with van der Waals surface area (Å²) in [7, 11) is -3.58. The highest BCUT2D eigenvalue weighted by Gasteiger charge is 2.28. The molecule has 0 saturated carbocycles. The molecule has 1 N–H and O–H groups in total. The van der Waals surface area contributed by atoms with Crippen LogP contribution in [0.4, 0.5) is 5.69 Å². The number of piperidine rings is 1. The average molecular weight is 475 g/mol. The molecule has 32 heavy (non-hydrogen) atoms. The summed E-state index contributed by atoms with van der Waals surface area (Å²) >= 11 is 1.62. The summed E-state index contributed by atoms with van der Waals surface area (Å²) in [4.78, 5) is 14.2. The summed E-state index contributed by atoms with van der Waals surface area (Å²) in [6.45, 7) is 3.70. The predicted molar refractivity (Wildman–Crippen MR) is 128 cm³/mol. The number of thioether (sulfide) groups is 1. The van der Waals surface area contributed by atoms with Crippen LogP contribution in [0.25, 0.3) is 0 Å². The number of hydrogen-bond acceptors (Lipinski definition) is 5. The molecule has 6 nitrogen and oxygen atoms in total. The molecule has 0 aliphatic carbocycles. The molecule has 1 atom stereocenters. The predicted octanol–water partition coefficient (Wildman–Crippen LogP) is 4.69. The minimum Gasteiger partial charge on any atom is -0.377 e. The van der Waals surface area contributed by atoms with Crippen LogP contribution in [-0.2, 0) is 14.8 Å². The maximum Gasteiger partial charge on any atom is 0.256 e. The zero-order chi connectivity index (χ0) is 22.6. The first kappa shape index (κ1) is 23.3. The number of carbonyl (C=O) groups is 1. The zero-order valence-corrected chi connectivity index (χ0v) is 20.0. The molecular weight excluding hydrogens is 444 g/mol. The van der Waals surface area contributed by atoms with Gasteiger partial charge in [0.1, 0.15) is 0 Å². The van der Waals surface area contributed by atoms with Gasteiger partial charge in [-0.15, -0.1) is 11.8 Å². The molecule has 2 heterocycles. The molecule has 2 aromatic carbocycles. The highest BCUT2D eigenvalue weighted by molar-refractivity contribution is 7.99. The number of carbonyl (C=O) groups excluding carboxylic acids is 1. The molecular formula is C24H30N2O4S2. The molecule has 1 amide bonds. The Morgan fingerprint density at radius 2 is 1.91 bits per heavy atom. The average Bonchev–Trinajstić information content (AvgIpc) is 3.33. The van der Waals surface area contributed by atoms with E-state index in [1.165, 1.54) is 0 Å². The Kier molecular flexibility index (Phi) is 7.55. The van der Waals surface area contributed by atoms with Gasteiger partial charge in [-0.05, 0) is 62.4 Å². The topological polar surface area (TPSA) is 75.7 Å². The van der Waals surface area contributed by atoms with Crippen molar-refractivity contribution in [2.45, 2.75) is 54.9 Å². The van der Waals surface area contributed by atoms with Crippen molar-refractivity contribution in [1.29, 1.82) is 0 Å². The number of ether oxygens (including phenoxy) is 1. The number of aryl methyl sites for hydroxylation is 1. The van der Waals surface area contributed by atoms with Gasteiger partial charge in [-0.1, -0.05) is 24.6 Å². The lowest BCUT2D eigenvalue weighted by molar-refractivity contribution is 0.102. The van der Waals surface area contributed by atoms with Gasteiger partial charge in [-0.25, -0.2) is 8.42 Å². The fourth-order valence-electron chi connectivity index (χ4n) is 4.14. The van der Waals surface area contributed by atoms with Gasteiger partial charge in [0.25, 0.3) is 5.91 Å². The van der Waals surface area contributed by atoms with E-state index in [2.05, 4.69) is 5.32 Å². The van der Waals surface area contributed by atoms with Crippen molar-refractivity contribution in [3.8, 4) is 0 Å². The van der Waals surface area contributed by atoms with E-state index < -0.39 is 10.0 Å². The van der Waals surface area contributed by atoms with E-state index in [1.807, 2.05) is 18.2 Å². The first-order valence-electron chi connectivity index (χ1n) is 11.2. The van der Waals surface area contributed by atoms with Crippen LogP contribution in [0.5, 0.6) is 0 Å². The quantitative estimate of drug-likeness (QED) is 0.589. The van der Waals surface area contributed by atoms with Crippen molar-refractivity contribution < 1.29 is 17.9 Å². The van der Waals surface area contributed by atoms with Crippen molar-refractivity contribution in [3.05, 3.63) is 53.6 Å². The van der Waals surface area contributed by atoms with Crippen LogP contribution in [0.3, 0.4) is 0 Å². The van der Waals surface area contributed by atoms with Crippen LogP contribution in [0.15, 0.2) is 52.3 Å². The molecule has 0 radical (unpaired) electrons. The molecule has 2 saturated heterocycles. The highest BCUT2D eigenvalue weighted by Crippen LogP contribution is 2.29. The second-order valence-electron chi connectivity index (χ2n) is 8.34. The van der Waals surface area contributed by atoms with Gasteiger partial charge in [0.15, 0.2) is 0 Å². The number of anilines is 1. The molecule has 2 aromatic rings. The van der Waals surface area contributed by atoms with Gasteiger partial charge in [0.05, 0.1) is 16.6 Å². The number of amides is 1. The first-order chi connectivity index (χ1) is 15.4. The molecule has 0 unspecified atom stereocenters. The normalized spacial score (nSPS) is 19.7. The van der Waals surface area contributed by atoms with Crippen LogP contribution in [0.2, 0.25) is 0 Å². The third kappa shape index (κ3) is 5.36. The van der Waals surface area contributed by atoms with Crippen molar-refractivity contribution in [2.75, 3.05) is 30.8 Å². The van der Waals surface area contributed by atoms with Crippen LogP contribution in [-0.4, -0.2) is 50.2 Å². The summed E-state index contributed by atoms with van der Waals surface area (Å²) in [5.74, 6) is 0.568. The molecule has 172 valence electrons. The van der Waals surface area contributed by atoms with Gasteiger partial charge < -0.3 is 10.1 Å². The van der Waals surface area contributed by atoms with E-state index in [0.717, 1.165) is 49.4 Å². The molecule has 8 heteroatoms. The van der Waals surface area contributed by atoms with E-state index in [-0.39, 0.29) is 16.9 Å². The smallest absolute Gasteiger partial charge is 0.256 e. The molecule has 0 bridgehead atoms. The third-order valence-corrected chi connectivity index (χ3v) is 9.21. The zero-order valence-electron chi connectivity index (χ0n) is 18.4. The maximum absolute atomic E-state index is 13.2. The molecule has 2 aliphatic heterocycles. The van der Waals surface area contributed by atoms with Gasteiger partial charge in [-0.2, -0.15) is 4.31 Å². The molecule has 4 rings (SSSR count). The van der Waals surface area contributed by atoms with Gasteiger partial charge in [0, 0.05) is 36.0 Å². The molecule has 2 fully saturated rings. The summed E-state index contributed by atoms with van der Waals surface area (Å²) < 4.78 is 33.6. The lowest BCUT2D eigenvalue weighted by Gasteiger charge is -2.26. The standard InChI is InChI=1S/C24H30N2O4S2/c1-18-11-12-19(16-23(18)32(28,29)26-13-5-2-6-14-26)25-24(27)21-9-3-4-10-22(21)31-17-20-8-7-15-30-20/h3-4,9-12,16,20H,2,5-8,13-15,17H2,1H3,(H,25,27)/t20-/m1/s1. The van der Waals surface area contributed by atoms with Gasteiger partial charge >= 0.3 is 0 Å². The summed E-state index contributed by atoms with van der Waals surface area (Å²) in [6.07, 6.45) is 5.20. The van der Waals surface area contributed by atoms with Crippen LogP contribution >= 0.6 is 11.8 Å². The monoisotopic (exact) mass is 474 g/mol.